The topological polar surface area (TPSA) is 29.5 Å². The minimum atomic E-state index is -0.212. The van der Waals surface area contributed by atoms with Crippen molar-refractivity contribution in [1.29, 1.82) is 0 Å². The van der Waals surface area contributed by atoms with E-state index in [2.05, 4.69) is 4.90 Å². The summed E-state index contributed by atoms with van der Waals surface area (Å²) in [5.74, 6) is 0.578. The van der Waals surface area contributed by atoms with Crippen LogP contribution in [0.25, 0.3) is 0 Å². The van der Waals surface area contributed by atoms with Gasteiger partial charge in [0, 0.05) is 17.2 Å². The Morgan fingerprint density at radius 2 is 2.20 bits per heavy atom. The standard InChI is InChI=1S/C15H20FNO2S/c1-2-19-15(18)14-4-3-9-17(14)10-11-20-13-7-5-12(16)6-8-13/h5-8,14H,2-4,9-11H2,1H3. The Morgan fingerprint density at radius 3 is 2.90 bits per heavy atom. The van der Waals surface area contributed by atoms with E-state index in [0.29, 0.717) is 6.61 Å². The molecule has 0 aromatic heterocycles. The number of carbonyl (C=O) groups excluding carboxylic acids is 1. The first kappa shape index (κ1) is 15.3. The van der Waals surface area contributed by atoms with Gasteiger partial charge in [-0.15, -0.1) is 11.8 Å². The molecule has 20 heavy (non-hydrogen) atoms. The van der Waals surface area contributed by atoms with Crippen LogP contribution in [0.15, 0.2) is 29.2 Å². The molecule has 1 atom stereocenters. The summed E-state index contributed by atoms with van der Waals surface area (Å²) in [6.07, 6.45) is 1.94. The van der Waals surface area contributed by atoms with Crippen LogP contribution in [0.2, 0.25) is 0 Å². The molecule has 1 aliphatic rings. The highest BCUT2D eigenvalue weighted by Gasteiger charge is 2.31. The monoisotopic (exact) mass is 297 g/mol. The molecule has 0 saturated carbocycles. The molecule has 1 aromatic rings. The molecule has 0 aliphatic carbocycles. The predicted octanol–water partition coefficient (Wildman–Crippen LogP) is 2.95. The van der Waals surface area contributed by atoms with E-state index in [9.17, 15) is 9.18 Å². The zero-order chi connectivity index (χ0) is 14.4. The van der Waals surface area contributed by atoms with Gasteiger partial charge in [0.25, 0.3) is 0 Å². The summed E-state index contributed by atoms with van der Waals surface area (Å²) < 4.78 is 17.9. The fraction of sp³-hybridized carbons (Fsp3) is 0.533. The minimum Gasteiger partial charge on any atom is -0.465 e. The van der Waals surface area contributed by atoms with E-state index in [-0.39, 0.29) is 17.8 Å². The van der Waals surface area contributed by atoms with Gasteiger partial charge in [-0.2, -0.15) is 0 Å². The third-order valence-electron chi connectivity index (χ3n) is 3.38. The lowest BCUT2D eigenvalue weighted by Gasteiger charge is -2.22. The Bertz CT molecular complexity index is 438. The zero-order valence-corrected chi connectivity index (χ0v) is 12.5. The maximum atomic E-state index is 12.8. The van der Waals surface area contributed by atoms with Crippen LogP contribution < -0.4 is 0 Å². The molecular weight excluding hydrogens is 277 g/mol. The number of thioether (sulfide) groups is 1. The smallest absolute Gasteiger partial charge is 0.323 e. The van der Waals surface area contributed by atoms with Crippen LogP contribution in [0.5, 0.6) is 0 Å². The highest BCUT2D eigenvalue weighted by atomic mass is 32.2. The molecule has 1 unspecified atom stereocenters. The lowest BCUT2D eigenvalue weighted by Crippen LogP contribution is -2.38. The van der Waals surface area contributed by atoms with Crippen molar-refractivity contribution in [3.05, 3.63) is 30.1 Å². The van der Waals surface area contributed by atoms with Crippen molar-refractivity contribution in [2.75, 3.05) is 25.4 Å². The summed E-state index contributed by atoms with van der Waals surface area (Å²) in [5.41, 5.74) is 0. The molecular formula is C15H20FNO2S. The first-order valence-electron chi connectivity index (χ1n) is 6.99. The molecule has 0 bridgehead atoms. The van der Waals surface area contributed by atoms with Crippen LogP contribution in [0.1, 0.15) is 19.8 Å². The average molecular weight is 297 g/mol. The highest BCUT2D eigenvalue weighted by molar-refractivity contribution is 7.99. The minimum absolute atomic E-state index is 0.0798. The number of esters is 1. The van der Waals surface area contributed by atoms with Crippen molar-refractivity contribution in [2.24, 2.45) is 0 Å². The Labute approximate surface area is 123 Å². The molecule has 110 valence electrons. The van der Waals surface area contributed by atoms with Gasteiger partial charge in [-0.25, -0.2) is 4.39 Å². The fourth-order valence-electron chi connectivity index (χ4n) is 2.41. The molecule has 0 N–H and O–H groups in total. The van der Waals surface area contributed by atoms with Gasteiger partial charge in [0.05, 0.1) is 6.61 Å². The Kier molecular flexibility index (Phi) is 5.86. The Hall–Kier alpha value is -1.07. The molecule has 0 spiro atoms. The number of halogens is 1. The summed E-state index contributed by atoms with van der Waals surface area (Å²) in [5, 5.41) is 0. The first-order valence-corrected chi connectivity index (χ1v) is 7.98. The largest absolute Gasteiger partial charge is 0.465 e. The number of nitrogens with zero attached hydrogens (tertiary/aromatic N) is 1. The maximum Gasteiger partial charge on any atom is 0.323 e. The van der Waals surface area contributed by atoms with Crippen LogP contribution in [0, 0.1) is 5.82 Å². The summed E-state index contributed by atoms with van der Waals surface area (Å²) in [7, 11) is 0. The quantitative estimate of drug-likeness (QED) is 0.596. The normalized spacial score (nSPS) is 19.2. The van der Waals surface area contributed by atoms with Gasteiger partial charge in [-0.3, -0.25) is 9.69 Å². The van der Waals surface area contributed by atoms with Crippen LogP contribution in [0.3, 0.4) is 0 Å². The van der Waals surface area contributed by atoms with E-state index in [1.807, 2.05) is 6.92 Å². The maximum absolute atomic E-state index is 12.8. The molecule has 0 amide bonds. The van der Waals surface area contributed by atoms with Crippen LogP contribution in [-0.2, 0) is 9.53 Å². The average Bonchev–Trinajstić information content (AvgIpc) is 2.90. The molecule has 0 radical (unpaired) electrons. The highest BCUT2D eigenvalue weighted by Crippen LogP contribution is 2.22. The molecule has 1 saturated heterocycles. The Morgan fingerprint density at radius 1 is 1.45 bits per heavy atom. The molecule has 1 heterocycles. The predicted molar refractivity (Wildman–Crippen MR) is 78.4 cm³/mol. The van der Waals surface area contributed by atoms with Crippen molar-refractivity contribution in [1.82, 2.24) is 4.90 Å². The van der Waals surface area contributed by atoms with E-state index in [1.54, 1.807) is 23.9 Å². The second-order valence-electron chi connectivity index (χ2n) is 4.75. The summed E-state index contributed by atoms with van der Waals surface area (Å²) >= 11 is 1.68. The van der Waals surface area contributed by atoms with Crippen molar-refractivity contribution in [3.8, 4) is 0 Å². The van der Waals surface area contributed by atoms with Crippen LogP contribution >= 0.6 is 11.8 Å². The zero-order valence-electron chi connectivity index (χ0n) is 11.7. The van der Waals surface area contributed by atoms with Gasteiger partial charge in [0.2, 0.25) is 0 Å². The molecule has 5 heteroatoms. The molecule has 1 aromatic carbocycles. The summed E-state index contributed by atoms with van der Waals surface area (Å²) in [6.45, 7) is 4.08. The molecule has 1 aliphatic heterocycles. The summed E-state index contributed by atoms with van der Waals surface area (Å²) in [6, 6.07) is 6.43. The number of hydrogen-bond donors (Lipinski definition) is 0. The Balaban J connectivity index is 1.78. The fourth-order valence-corrected chi connectivity index (χ4v) is 3.30. The van der Waals surface area contributed by atoms with E-state index in [0.717, 1.165) is 36.6 Å². The van der Waals surface area contributed by atoms with Gasteiger partial charge < -0.3 is 4.74 Å². The second-order valence-corrected chi connectivity index (χ2v) is 5.92. The first-order chi connectivity index (χ1) is 9.70. The lowest BCUT2D eigenvalue weighted by molar-refractivity contribution is -0.148. The number of likely N-dealkylation sites (tertiary alicyclic amines) is 1. The number of rotatable bonds is 6. The van der Waals surface area contributed by atoms with Crippen LogP contribution in [0.4, 0.5) is 4.39 Å². The number of hydrogen-bond acceptors (Lipinski definition) is 4. The van der Waals surface area contributed by atoms with Gasteiger partial charge in [-0.05, 0) is 50.6 Å². The van der Waals surface area contributed by atoms with Gasteiger partial charge >= 0.3 is 5.97 Å². The van der Waals surface area contributed by atoms with Crippen molar-refractivity contribution in [3.63, 3.8) is 0 Å². The summed E-state index contributed by atoms with van der Waals surface area (Å²) in [4.78, 5) is 15.1. The molecule has 1 fully saturated rings. The number of carbonyl (C=O) groups is 1. The van der Waals surface area contributed by atoms with E-state index < -0.39 is 0 Å². The van der Waals surface area contributed by atoms with E-state index in [1.165, 1.54) is 12.1 Å². The van der Waals surface area contributed by atoms with Gasteiger partial charge in [0.1, 0.15) is 11.9 Å². The third-order valence-corrected chi connectivity index (χ3v) is 4.38. The third kappa shape index (κ3) is 4.21. The van der Waals surface area contributed by atoms with Crippen molar-refractivity contribution in [2.45, 2.75) is 30.7 Å². The number of benzene rings is 1. The SMILES string of the molecule is CCOC(=O)C1CCCN1CCSc1ccc(F)cc1. The van der Waals surface area contributed by atoms with Crippen LogP contribution in [-0.4, -0.2) is 42.4 Å². The van der Waals surface area contributed by atoms with E-state index >= 15 is 0 Å². The number of ether oxygens (including phenoxy) is 1. The molecule has 3 nitrogen and oxygen atoms in total. The van der Waals surface area contributed by atoms with Gasteiger partial charge in [0.15, 0.2) is 0 Å². The van der Waals surface area contributed by atoms with Crippen molar-refractivity contribution >= 4 is 17.7 Å². The second kappa shape index (κ2) is 7.64. The lowest BCUT2D eigenvalue weighted by atomic mass is 10.2. The van der Waals surface area contributed by atoms with Gasteiger partial charge in [-0.1, -0.05) is 0 Å². The molecule has 2 rings (SSSR count). The van der Waals surface area contributed by atoms with Crippen molar-refractivity contribution < 1.29 is 13.9 Å². The van der Waals surface area contributed by atoms with E-state index in [4.69, 9.17) is 4.74 Å².